The molecule has 5 aliphatic rings. The third-order valence-corrected chi connectivity index (χ3v) is 14.9. The highest BCUT2D eigenvalue weighted by atomic mass is 16.5. The molecule has 4 N–H and O–H groups in total. The predicted octanol–water partition coefficient (Wildman–Crippen LogP) is 7.71. The van der Waals surface area contributed by atoms with Crippen molar-refractivity contribution < 1.29 is 30.0 Å². The molecule has 10 unspecified atom stereocenters. The van der Waals surface area contributed by atoms with Gasteiger partial charge in [-0.05, 0) is 134 Å². The number of allylic oxidation sites excluding steroid dienone is 2. The molecule has 1 aromatic carbocycles. The van der Waals surface area contributed by atoms with Crippen LogP contribution in [-0.4, -0.2) is 45.2 Å². The molecule has 4 saturated carbocycles. The van der Waals surface area contributed by atoms with Gasteiger partial charge in [-0.25, -0.2) is 0 Å². The Morgan fingerprint density at radius 1 is 0.867 bits per heavy atom. The molecule has 1 aromatic rings. The van der Waals surface area contributed by atoms with Gasteiger partial charge in [-0.1, -0.05) is 59.3 Å². The largest absolute Gasteiger partial charge is 0.504 e. The van der Waals surface area contributed by atoms with Gasteiger partial charge in [0, 0.05) is 11.8 Å². The molecule has 6 rings (SSSR count). The second kappa shape index (κ2) is 11.3. The average molecular weight is 623 g/mol. The maximum atomic E-state index is 13.1. The number of phenolic OH excluding ortho intramolecular Hbond substituents is 2. The van der Waals surface area contributed by atoms with Crippen LogP contribution in [0.4, 0.5) is 0 Å². The van der Waals surface area contributed by atoms with E-state index in [4.69, 9.17) is 4.74 Å². The van der Waals surface area contributed by atoms with Crippen LogP contribution < -0.4 is 0 Å². The van der Waals surface area contributed by atoms with Crippen LogP contribution in [-0.2, 0) is 16.0 Å². The van der Waals surface area contributed by atoms with Crippen LogP contribution in [0.2, 0.25) is 0 Å². The van der Waals surface area contributed by atoms with Crippen molar-refractivity contribution in [2.24, 2.45) is 50.7 Å². The minimum atomic E-state index is -0.500. The minimum absolute atomic E-state index is 0.00537. The SMILES string of the molecule is CC12CCC3C(C)(CO)C(OC(=O)CCc4ccc(O)c(O)c4)CCC3(C)C1CCC1C(=CCC3C(C)(C)C(O)CCC13C)C2. The van der Waals surface area contributed by atoms with Crippen molar-refractivity contribution in [2.45, 2.75) is 131 Å². The van der Waals surface area contributed by atoms with Crippen molar-refractivity contribution in [3.8, 4) is 11.5 Å². The van der Waals surface area contributed by atoms with Gasteiger partial charge in [0.1, 0.15) is 6.10 Å². The highest BCUT2D eigenvalue weighted by Crippen LogP contribution is 2.70. The number of aliphatic hydroxyl groups excluding tert-OH is 2. The second-order valence-corrected chi connectivity index (χ2v) is 17.6. The van der Waals surface area contributed by atoms with E-state index in [0.29, 0.717) is 24.2 Å². The van der Waals surface area contributed by atoms with E-state index in [1.54, 1.807) is 11.6 Å². The summed E-state index contributed by atoms with van der Waals surface area (Å²) in [4.78, 5) is 13.1. The van der Waals surface area contributed by atoms with E-state index in [-0.39, 0.29) is 70.3 Å². The Morgan fingerprint density at radius 2 is 1.60 bits per heavy atom. The van der Waals surface area contributed by atoms with Gasteiger partial charge in [0.15, 0.2) is 11.5 Å². The van der Waals surface area contributed by atoms with Crippen LogP contribution in [0.1, 0.15) is 118 Å². The lowest BCUT2D eigenvalue weighted by Gasteiger charge is -2.64. The van der Waals surface area contributed by atoms with Crippen LogP contribution >= 0.6 is 0 Å². The Hall–Kier alpha value is -2.05. The molecular formula is C39H58O6. The van der Waals surface area contributed by atoms with E-state index in [1.807, 2.05) is 0 Å². The van der Waals surface area contributed by atoms with Crippen molar-refractivity contribution in [1.82, 2.24) is 0 Å². The van der Waals surface area contributed by atoms with Crippen molar-refractivity contribution in [3.63, 3.8) is 0 Å². The fourth-order valence-electron chi connectivity index (χ4n) is 12.3. The fourth-order valence-corrected chi connectivity index (χ4v) is 12.3. The number of carbonyl (C=O) groups is 1. The zero-order valence-electron chi connectivity index (χ0n) is 28.6. The summed E-state index contributed by atoms with van der Waals surface area (Å²) in [6, 6.07) is 4.64. The molecule has 250 valence electrons. The fraction of sp³-hybridized carbons (Fsp3) is 0.769. The van der Waals surface area contributed by atoms with Gasteiger partial charge in [0.05, 0.1) is 12.7 Å². The number of aliphatic hydroxyl groups is 2. The molecule has 45 heavy (non-hydrogen) atoms. The number of benzene rings is 1. The Morgan fingerprint density at radius 3 is 2.31 bits per heavy atom. The molecule has 0 saturated heterocycles. The zero-order chi connectivity index (χ0) is 32.6. The van der Waals surface area contributed by atoms with Crippen LogP contribution in [0, 0.1) is 50.7 Å². The number of esters is 1. The topological polar surface area (TPSA) is 107 Å². The molecule has 4 fully saturated rings. The molecule has 0 spiro atoms. The first-order valence-corrected chi connectivity index (χ1v) is 17.8. The third kappa shape index (κ3) is 5.16. The summed E-state index contributed by atoms with van der Waals surface area (Å²) in [7, 11) is 0. The normalized spacial score (nSPS) is 43.9. The van der Waals surface area contributed by atoms with Crippen molar-refractivity contribution >= 4 is 5.97 Å². The van der Waals surface area contributed by atoms with E-state index in [0.717, 1.165) is 56.9 Å². The summed E-state index contributed by atoms with van der Waals surface area (Å²) in [5, 5.41) is 41.4. The Kier molecular flexibility index (Phi) is 8.24. The minimum Gasteiger partial charge on any atom is -0.504 e. The zero-order valence-corrected chi connectivity index (χ0v) is 28.6. The lowest BCUT2D eigenvalue weighted by molar-refractivity contribution is -0.206. The molecule has 0 heterocycles. The first-order chi connectivity index (χ1) is 21.1. The van der Waals surface area contributed by atoms with Gasteiger partial charge < -0.3 is 25.2 Å². The number of fused-ring (bicyclic) bond motifs is 6. The summed E-state index contributed by atoms with van der Waals surface area (Å²) < 4.78 is 6.19. The van der Waals surface area contributed by atoms with Crippen molar-refractivity contribution in [2.75, 3.05) is 6.61 Å². The molecule has 0 bridgehead atoms. The van der Waals surface area contributed by atoms with Gasteiger partial charge in [0.25, 0.3) is 0 Å². The standard InChI is InChI=1S/C39H58O6/c1-35(2)29-12-9-25-22-36(3)18-15-31-38(5,30(36)13-10-26(25)37(29,4)19-16-32(35)43)20-17-33(39(31,6)23-40)45-34(44)14-8-24-7-11-27(41)28(42)21-24/h7,9,11,21,26,29-33,40-43H,8,10,12-20,22-23H2,1-6H3. The summed E-state index contributed by atoms with van der Waals surface area (Å²) in [6.07, 6.45) is 13.2. The molecule has 0 radical (unpaired) electrons. The van der Waals surface area contributed by atoms with Crippen molar-refractivity contribution in [1.29, 1.82) is 0 Å². The van der Waals surface area contributed by atoms with E-state index in [2.05, 4.69) is 47.6 Å². The van der Waals surface area contributed by atoms with Gasteiger partial charge in [-0.15, -0.1) is 0 Å². The first kappa shape index (κ1) is 32.9. The monoisotopic (exact) mass is 622 g/mol. The van der Waals surface area contributed by atoms with Crippen LogP contribution in [0.25, 0.3) is 0 Å². The summed E-state index contributed by atoms with van der Waals surface area (Å²) in [5.74, 6) is 1.26. The summed E-state index contributed by atoms with van der Waals surface area (Å²) in [5.41, 5.74) is 2.39. The molecule has 0 aromatic heterocycles. The summed E-state index contributed by atoms with van der Waals surface area (Å²) in [6.45, 7) is 14.3. The first-order valence-electron chi connectivity index (χ1n) is 17.8. The van der Waals surface area contributed by atoms with E-state index < -0.39 is 5.41 Å². The molecule has 0 aliphatic heterocycles. The highest BCUT2D eigenvalue weighted by molar-refractivity contribution is 5.70. The number of hydrogen-bond donors (Lipinski definition) is 4. The number of aryl methyl sites for hydroxylation is 1. The Labute approximate surface area is 270 Å². The maximum Gasteiger partial charge on any atom is 0.306 e. The maximum absolute atomic E-state index is 13.1. The second-order valence-electron chi connectivity index (χ2n) is 17.6. The lowest BCUT2D eigenvalue weighted by Crippen LogP contribution is -2.61. The lowest BCUT2D eigenvalue weighted by atomic mass is 9.42. The van der Waals surface area contributed by atoms with Gasteiger partial charge >= 0.3 is 5.97 Å². The number of rotatable bonds is 5. The molecule has 10 atom stereocenters. The number of hydrogen-bond acceptors (Lipinski definition) is 6. The number of ether oxygens (including phenoxy) is 1. The Balaban J connectivity index is 1.20. The molecule has 0 amide bonds. The van der Waals surface area contributed by atoms with Crippen LogP contribution in [0.5, 0.6) is 11.5 Å². The molecular weight excluding hydrogens is 564 g/mol. The molecule has 6 nitrogen and oxygen atoms in total. The summed E-state index contributed by atoms with van der Waals surface area (Å²) >= 11 is 0. The third-order valence-electron chi connectivity index (χ3n) is 14.9. The van der Waals surface area contributed by atoms with E-state index in [9.17, 15) is 25.2 Å². The molecule has 6 heteroatoms. The highest BCUT2D eigenvalue weighted by Gasteiger charge is 2.64. The van der Waals surface area contributed by atoms with Gasteiger partial charge in [0.2, 0.25) is 0 Å². The number of phenols is 2. The van der Waals surface area contributed by atoms with Gasteiger partial charge in [-0.2, -0.15) is 0 Å². The Bertz CT molecular complexity index is 1330. The number of aromatic hydroxyl groups is 2. The quantitative estimate of drug-likeness (QED) is 0.152. The van der Waals surface area contributed by atoms with Crippen LogP contribution in [0.15, 0.2) is 29.8 Å². The van der Waals surface area contributed by atoms with E-state index >= 15 is 0 Å². The number of carbonyl (C=O) groups excluding carboxylic acids is 1. The predicted molar refractivity (Wildman–Crippen MR) is 175 cm³/mol. The van der Waals surface area contributed by atoms with Crippen molar-refractivity contribution in [3.05, 3.63) is 35.4 Å². The smallest absolute Gasteiger partial charge is 0.306 e. The molecule has 5 aliphatic carbocycles. The van der Waals surface area contributed by atoms with E-state index in [1.165, 1.54) is 25.0 Å². The average Bonchev–Trinajstić information content (AvgIpc) is 3.14. The van der Waals surface area contributed by atoms with Gasteiger partial charge in [-0.3, -0.25) is 4.79 Å². The van der Waals surface area contributed by atoms with Crippen LogP contribution in [0.3, 0.4) is 0 Å².